The van der Waals surface area contributed by atoms with E-state index in [1.165, 1.54) is 6.42 Å². The molecule has 6 heteroatoms. The van der Waals surface area contributed by atoms with Gasteiger partial charge in [0.25, 0.3) is 0 Å². The van der Waals surface area contributed by atoms with Crippen molar-refractivity contribution in [2.24, 2.45) is 0 Å². The van der Waals surface area contributed by atoms with E-state index in [2.05, 4.69) is 33.8 Å². The van der Waals surface area contributed by atoms with E-state index in [0.29, 0.717) is 6.04 Å². The quantitative estimate of drug-likeness (QED) is 0.842. The van der Waals surface area contributed by atoms with Crippen LogP contribution in [0, 0.1) is 3.95 Å². The molecule has 1 saturated heterocycles. The lowest BCUT2D eigenvalue weighted by Crippen LogP contribution is -2.49. The van der Waals surface area contributed by atoms with Crippen molar-refractivity contribution in [3.05, 3.63) is 3.95 Å². The summed E-state index contributed by atoms with van der Waals surface area (Å²) in [5.74, 6) is 0. The minimum atomic E-state index is 0.694. The number of aromatic amines is 1. The molecule has 1 aliphatic heterocycles. The number of H-pyrrole nitrogens is 1. The molecule has 0 amide bonds. The van der Waals surface area contributed by atoms with Crippen LogP contribution in [0.2, 0.25) is 0 Å². The number of hydrogen-bond donors (Lipinski definition) is 1. The summed E-state index contributed by atoms with van der Waals surface area (Å²) in [4.78, 5) is 4.86. The Kier molecular flexibility index (Phi) is 3.94. The Morgan fingerprint density at radius 2 is 2.12 bits per heavy atom. The highest BCUT2D eigenvalue weighted by molar-refractivity contribution is 7.73. The fraction of sp³-hybridized carbons (Fsp3) is 0.800. The van der Waals surface area contributed by atoms with Gasteiger partial charge >= 0.3 is 0 Å². The molecule has 1 unspecified atom stereocenters. The number of nitrogens with zero attached hydrogens (tertiary/aromatic N) is 3. The van der Waals surface area contributed by atoms with Gasteiger partial charge in [-0.3, -0.25) is 10.00 Å². The van der Waals surface area contributed by atoms with Crippen LogP contribution >= 0.6 is 23.6 Å². The van der Waals surface area contributed by atoms with Gasteiger partial charge in [-0.15, -0.1) is 5.10 Å². The first-order chi connectivity index (χ1) is 7.70. The maximum Gasteiger partial charge on any atom is 0.207 e. The van der Waals surface area contributed by atoms with Crippen molar-refractivity contribution in [2.45, 2.75) is 26.3 Å². The van der Waals surface area contributed by atoms with Crippen LogP contribution in [-0.2, 0) is 0 Å². The van der Waals surface area contributed by atoms with Crippen LogP contribution in [0.3, 0.4) is 0 Å². The first kappa shape index (κ1) is 12.0. The standard InChI is InChI=1S/C10H18N4S2/c1-3-8(2)13-4-6-14(7-5-13)9-11-12-10(15)16-9/h8H,3-7H2,1-2H3,(H,12,15). The number of rotatable bonds is 3. The van der Waals surface area contributed by atoms with Gasteiger partial charge in [-0.1, -0.05) is 18.3 Å². The Hall–Kier alpha value is -0.460. The molecule has 1 aromatic heterocycles. The minimum absolute atomic E-state index is 0.694. The lowest BCUT2D eigenvalue weighted by molar-refractivity contribution is 0.192. The summed E-state index contributed by atoms with van der Waals surface area (Å²) < 4.78 is 0.763. The van der Waals surface area contributed by atoms with Gasteiger partial charge in [-0.05, 0) is 25.6 Å². The van der Waals surface area contributed by atoms with E-state index in [1.54, 1.807) is 11.3 Å². The molecule has 1 aromatic rings. The Labute approximate surface area is 105 Å². The summed E-state index contributed by atoms with van der Waals surface area (Å²) in [6.07, 6.45) is 1.22. The van der Waals surface area contributed by atoms with Crippen LogP contribution in [0.5, 0.6) is 0 Å². The predicted octanol–water partition coefficient (Wildman–Crippen LogP) is 2.12. The van der Waals surface area contributed by atoms with Crippen LogP contribution < -0.4 is 4.90 Å². The molecule has 4 nitrogen and oxygen atoms in total. The number of anilines is 1. The second-order valence-electron chi connectivity index (χ2n) is 4.18. The predicted molar refractivity (Wildman–Crippen MR) is 70.8 cm³/mol. The van der Waals surface area contributed by atoms with Gasteiger partial charge in [0.15, 0.2) is 3.95 Å². The first-order valence-corrected chi connectivity index (χ1v) is 6.97. The molecule has 0 aliphatic carbocycles. The largest absolute Gasteiger partial charge is 0.344 e. The van der Waals surface area contributed by atoms with Crippen molar-refractivity contribution in [2.75, 3.05) is 31.1 Å². The molecular weight excluding hydrogens is 240 g/mol. The highest BCUT2D eigenvalue weighted by atomic mass is 32.1. The third-order valence-electron chi connectivity index (χ3n) is 3.23. The maximum atomic E-state index is 5.05. The van der Waals surface area contributed by atoms with Crippen molar-refractivity contribution in [3.8, 4) is 0 Å². The zero-order chi connectivity index (χ0) is 11.5. The minimum Gasteiger partial charge on any atom is -0.344 e. The molecule has 16 heavy (non-hydrogen) atoms. The topological polar surface area (TPSA) is 35.2 Å². The van der Waals surface area contributed by atoms with E-state index in [-0.39, 0.29) is 0 Å². The van der Waals surface area contributed by atoms with E-state index < -0.39 is 0 Å². The van der Waals surface area contributed by atoms with Gasteiger partial charge in [0.2, 0.25) is 5.13 Å². The Bertz CT molecular complexity index is 378. The van der Waals surface area contributed by atoms with Crippen molar-refractivity contribution < 1.29 is 0 Å². The summed E-state index contributed by atoms with van der Waals surface area (Å²) in [7, 11) is 0. The van der Waals surface area contributed by atoms with Crippen LogP contribution in [0.25, 0.3) is 0 Å². The van der Waals surface area contributed by atoms with Crippen molar-refractivity contribution >= 4 is 28.7 Å². The van der Waals surface area contributed by atoms with Crippen LogP contribution in [0.4, 0.5) is 5.13 Å². The second-order valence-corrected chi connectivity index (χ2v) is 5.82. The molecule has 0 aromatic carbocycles. The van der Waals surface area contributed by atoms with Gasteiger partial charge in [0, 0.05) is 32.2 Å². The first-order valence-electron chi connectivity index (χ1n) is 5.75. The molecule has 2 rings (SSSR count). The van der Waals surface area contributed by atoms with E-state index in [4.69, 9.17) is 12.2 Å². The fourth-order valence-electron chi connectivity index (χ4n) is 1.97. The van der Waals surface area contributed by atoms with E-state index in [1.807, 2.05) is 0 Å². The average molecular weight is 258 g/mol. The van der Waals surface area contributed by atoms with Crippen molar-refractivity contribution in [1.82, 2.24) is 15.1 Å². The van der Waals surface area contributed by atoms with E-state index in [9.17, 15) is 0 Å². The molecule has 0 spiro atoms. The summed E-state index contributed by atoms with van der Waals surface area (Å²) in [6.45, 7) is 8.91. The van der Waals surface area contributed by atoms with Crippen LogP contribution in [0.1, 0.15) is 20.3 Å². The van der Waals surface area contributed by atoms with Crippen LogP contribution in [-0.4, -0.2) is 47.3 Å². The lowest BCUT2D eigenvalue weighted by atomic mass is 10.2. The molecule has 2 heterocycles. The highest BCUT2D eigenvalue weighted by Gasteiger charge is 2.21. The molecule has 1 atom stereocenters. The third kappa shape index (κ3) is 2.61. The summed E-state index contributed by atoms with van der Waals surface area (Å²) in [6, 6.07) is 0.694. The van der Waals surface area contributed by atoms with E-state index in [0.717, 1.165) is 35.3 Å². The SMILES string of the molecule is CCC(C)N1CCN(c2n[nH]c(=S)s2)CC1. The van der Waals surface area contributed by atoms with Gasteiger partial charge in [-0.2, -0.15) is 0 Å². The molecule has 1 aliphatic rings. The van der Waals surface area contributed by atoms with Gasteiger partial charge in [0.1, 0.15) is 0 Å². The molecule has 0 bridgehead atoms. The third-order valence-corrected chi connectivity index (χ3v) is 4.38. The maximum absolute atomic E-state index is 5.05. The number of aromatic nitrogens is 2. The Morgan fingerprint density at radius 1 is 1.44 bits per heavy atom. The second kappa shape index (κ2) is 5.25. The summed E-state index contributed by atoms with van der Waals surface area (Å²) in [5.41, 5.74) is 0. The fourth-order valence-corrected chi connectivity index (χ4v) is 2.90. The van der Waals surface area contributed by atoms with Crippen LogP contribution in [0.15, 0.2) is 0 Å². The zero-order valence-corrected chi connectivity index (χ0v) is 11.4. The highest BCUT2D eigenvalue weighted by Crippen LogP contribution is 2.19. The van der Waals surface area contributed by atoms with Gasteiger partial charge < -0.3 is 4.90 Å². The molecule has 0 radical (unpaired) electrons. The molecule has 0 saturated carbocycles. The van der Waals surface area contributed by atoms with E-state index >= 15 is 0 Å². The van der Waals surface area contributed by atoms with Gasteiger partial charge in [-0.25, -0.2) is 0 Å². The summed E-state index contributed by atoms with van der Waals surface area (Å²) >= 11 is 6.61. The number of nitrogens with one attached hydrogen (secondary N) is 1. The molecule has 90 valence electrons. The summed E-state index contributed by atoms with van der Waals surface area (Å²) in [5, 5.41) is 8.10. The normalized spacial score (nSPS) is 20.0. The smallest absolute Gasteiger partial charge is 0.207 e. The number of hydrogen-bond acceptors (Lipinski definition) is 5. The molecule has 1 fully saturated rings. The number of piperazine rings is 1. The monoisotopic (exact) mass is 258 g/mol. The lowest BCUT2D eigenvalue weighted by Gasteiger charge is -2.37. The van der Waals surface area contributed by atoms with Crippen molar-refractivity contribution in [3.63, 3.8) is 0 Å². The molecule has 1 N–H and O–H groups in total. The Balaban J connectivity index is 1.92. The Morgan fingerprint density at radius 3 is 2.62 bits per heavy atom. The van der Waals surface area contributed by atoms with Gasteiger partial charge in [0.05, 0.1) is 0 Å². The zero-order valence-electron chi connectivity index (χ0n) is 9.77. The molecular formula is C10H18N4S2. The average Bonchev–Trinajstić information content (AvgIpc) is 2.75. The van der Waals surface area contributed by atoms with Crippen molar-refractivity contribution in [1.29, 1.82) is 0 Å².